The highest BCUT2D eigenvalue weighted by atomic mass is 35.5. The summed E-state index contributed by atoms with van der Waals surface area (Å²) in [7, 11) is 0. The summed E-state index contributed by atoms with van der Waals surface area (Å²) in [6.07, 6.45) is 0. The molecule has 1 heterocycles. The van der Waals surface area contributed by atoms with Crippen molar-refractivity contribution in [3.8, 4) is 11.5 Å². The number of hydrogen-bond acceptors (Lipinski definition) is 3. The summed E-state index contributed by atoms with van der Waals surface area (Å²) in [5, 5.41) is 9.69. The molecule has 2 aromatic rings. The predicted molar refractivity (Wildman–Crippen MR) is 72.7 cm³/mol. The fourth-order valence-corrected chi connectivity index (χ4v) is 2.15. The number of oxazole rings is 1. The Morgan fingerprint density at radius 1 is 1.37 bits per heavy atom. The number of carboxylic acid groups (broad SMARTS) is 1. The molecule has 0 unspecified atom stereocenters. The van der Waals surface area contributed by atoms with Crippen LogP contribution in [0, 0.1) is 6.92 Å². The second-order valence-electron chi connectivity index (χ2n) is 4.71. The number of hydrogen-bond donors (Lipinski definition) is 1. The predicted octanol–water partition coefficient (Wildman–Crippen LogP) is 4.13. The van der Waals surface area contributed by atoms with Crippen LogP contribution in [0.2, 0.25) is 5.02 Å². The van der Waals surface area contributed by atoms with Gasteiger partial charge in [-0.3, -0.25) is 0 Å². The Morgan fingerprint density at radius 2 is 2.05 bits per heavy atom. The number of carbonyl (C=O) groups is 1. The third kappa shape index (κ3) is 2.79. The molecule has 1 aromatic carbocycles. The van der Waals surface area contributed by atoms with E-state index in [1.54, 1.807) is 6.07 Å². The van der Waals surface area contributed by atoms with Gasteiger partial charge in [-0.15, -0.1) is 0 Å². The zero-order valence-electron chi connectivity index (χ0n) is 10.9. The van der Waals surface area contributed by atoms with Gasteiger partial charge in [-0.1, -0.05) is 25.4 Å². The molecule has 0 aliphatic carbocycles. The Hall–Kier alpha value is -1.81. The van der Waals surface area contributed by atoms with E-state index in [0.717, 1.165) is 5.56 Å². The van der Waals surface area contributed by atoms with Gasteiger partial charge in [0, 0.05) is 10.6 Å². The highest BCUT2D eigenvalue weighted by molar-refractivity contribution is 6.30. The number of aryl methyl sites for hydroxylation is 1. The molecule has 0 aliphatic rings. The zero-order chi connectivity index (χ0) is 14.2. The van der Waals surface area contributed by atoms with Gasteiger partial charge in [0.25, 0.3) is 0 Å². The molecule has 0 amide bonds. The van der Waals surface area contributed by atoms with Gasteiger partial charge in [0.05, 0.1) is 5.69 Å². The number of aromatic carboxylic acids is 1. The van der Waals surface area contributed by atoms with Crippen molar-refractivity contribution < 1.29 is 14.3 Å². The quantitative estimate of drug-likeness (QED) is 0.918. The van der Waals surface area contributed by atoms with Gasteiger partial charge in [-0.2, -0.15) is 0 Å². The molecule has 0 aliphatic heterocycles. The molecule has 0 radical (unpaired) electrons. The van der Waals surface area contributed by atoms with Crippen LogP contribution in [0.3, 0.4) is 0 Å². The fourth-order valence-electron chi connectivity index (χ4n) is 1.86. The average Bonchev–Trinajstić information content (AvgIpc) is 2.72. The maximum absolute atomic E-state index is 11.1. The van der Waals surface area contributed by atoms with E-state index in [4.69, 9.17) is 21.1 Å². The van der Waals surface area contributed by atoms with Crippen molar-refractivity contribution in [1.82, 2.24) is 4.98 Å². The first-order chi connectivity index (χ1) is 8.88. The first-order valence-corrected chi connectivity index (χ1v) is 6.28. The molecule has 100 valence electrons. The molecular weight excluding hydrogens is 266 g/mol. The van der Waals surface area contributed by atoms with Crippen LogP contribution < -0.4 is 0 Å². The lowest BCUT2D eigenvalue weighted by Gasteiger charge is -1.99. The van der Waals surface area contributed by atoms with Crippen molar-refractivity contribution in [2.75, 3.05) is 0 Å². The molecule has 4 nitrogen and oxygen atoms in total. The van der Waals surface area contributed by atoms with Gasteiger partial charge in [-0.05, 0) is 36.6 Å². The minimum absolute atomic E-state index is 0.0242. The van der Waals surface area contributed by atoms with E-state index in [1.807, 2.05) is 32.9 Å². The van der Waals surface area contributed by atoms with Crippen LogP contribution in [0.4, 0.5) is 0 Å². The summed E-state index contributed by atoms with van der Waals surface area (Å²) in [4.78, 5) is 15.4. The van der Waals surface area contributed by atoms with Crippen LogP contribution >= 0.6 is 11.6 Å². The van der Waals surface area contributed by atoms with Gasteiger partial charge in [0.2, 0.25) is 11.7 Å². The highest BCUT2D eigenvalue weighted by Gasteiger charge is 2.22. The summed E-state index contributed by atoms with van der Waals surface area (Å²) in [5.41, 5.74) is 2.09. The van der Waals surface area contributed by atoms with Crippen molar-refractivity contribution in [3.63, 3.8) is 0 Å². The molecule has 2 rings (SSSR count). The van der Waals surface area contributed by atoms with Crippen molar-refractivity contribution in [3.05, 3.63) is 40.2 Å². The molecular formula is C14H14ClNO3. The van der Waals surface area contributed by atoms with E-state index >= 15 is 0 Å². The lowest BCUT2D eigenvalue weighted by atomic mass is 10.1. The number of nitrogens with zero attached hydrogens (tertiary/aromatic N) is 1. The van der Waals surface area contributed by atoms with E-state index in [2.05, 4.69) is 4.98 Å². The number of carboxylic acids is 1. The third-order valence-corrected chi connectivity index (χ3v) is 2.90. The number of rotatable bonds is 3. The van der Waals surface area contributed by atoms with Gasteiger partial charge in [-0.25, -0.2) is 9.78 Å². The Labute approximate surface area is 116 Å². The SMILES string of the molecule is Cc1cc(Cl)cc(-c2nc(C(C)C)c(C(=O)O)o2)c1. The summed E-state index contributed by atoms with van der Waals surface area (Å²) in [6, 6.07) is 5.37. The van der Waals surface area contributed by atoms with Crippen LogP contribution in [0.15, 0.2) is 22.6 Å². The van der Waals surface area contributed by atoms with Crippen LogP contribution in [-0.2, 0) is 0 Å². The first kappa shape index (κ1) is 13.6. The molecule has 0 saturated carbocycles. The number of aromatic nitrogens is 1. The fraction of sp³-hybridized carbons (Fsp3) is 0.286. The summed E-state index contributed by atoms with van der Waals surface area (Å²) < 4.78 is 5.36. The Morgan fingerprint density at radius 3 is 2.53 bits per heavy atom. The Bertz CT molecular complexity index is 611. The Balaban J connectivity index is 2.57. The summed E-state index contributed by atoms with van der Waals surface area (Å²) in [5.74, 6) is -0.959. The number of halogens is 1. The zero-order valence-corrected chi connectivity index (χ0v) is 11.7. The molecule has 0 bridgehead atoms. The normalized spacial score (nSPS) is 11.0. The van der Waals surface area contributed by atoms with Crippen LogP contribution in [0.5, 0.6) is 0 Å². The molecule has 0 spiro atoms. The van der Waals surface area contributed by atoms with Crippen molar-refractivity contribution >= 4 is 17.6 Å². The van der Waals surface area contributed by atoms with E-state index < -0.39 is 5.97 Å². The van der Waals surface area contributed by atoms with Gasteiger partial charge < -0.3 is 9.52 Å². The lowest BCUT2D eigenvalue weighted by Crippen LogP contribution is -2.01. The summed E-state index contributed by atoms with van der Waals surface area (Å²) in [6.45, 7) is 5.65. The standard InChI is InChI=1S/C14H14ClNO3/c1-7(2)11-12(14(17)18)19-13(16-11)9-4-8(3)5-10(15)6-9/h4-7H,1-3H3,(H,17,18). The average molecular weight is 280 g/mol. The van der Waals surface area contributed by atoms with Crippen LogP contribution in [-0.4, -0.2) is 16.1 Å². The van der Waals surface area contributed by atoms with E-state index in [1.165, 1.54) is 0 Å². The van der Waals surface area contributed by atoms with Crippen molar-refractivity contribution in [1.29, 1.82) is 0 Å². The first-order valence-electron chi connectivity index (χ1n) is 5.90. The molecule has 0 saturated heterocycles. The molecule has 1 aromatic heterocycles. The van der Waals surface area contributed by atoms with Gasteiger partial charge in [0.1, 0.15) is 0 Å². The smallest absolute Gasteiger partial charge is 0.373 e. The van der Waals surface area contributed by atoms with E-state index in [9.17, 15) is 4.79 Å². The second-order valence-corrected chi connectivity index (χ2v) is 5.15. The number of benzene rings is 1. The molecule has 0 fully saturated rings. The van der Waals surface area contributed by atoms with E-state index in [0.29, 0.717) is 16.3 Å². The second kappa shape index (κ2) is 5.05. The molecule has 19 heavy (non-hydrogen) atoms. The van der Waals surface area contributed by atoms with Crippen molar-refractivity contribution in [2.24, 2.45) is 0 Å². The van der Waals surface area contributed by atoms with Gasteiger partial charge >= 0.3 is 5.97 Å². The van der Waals surface area contributed by atoms with Crippen LogP contribution in [0.1, 0.15) is 41.6 Å². The van der Waals surface area contributed by atoms with E-state index in [-0.39, 0.29) is 17.6 Å². The maximum atomic E-state index is 11.1. The minimum atomic E-state index is -1.11. The highest BCUT2D eigenvalue weighted by Crippen LogP contribution is 2.28. The summed E-state index contributed by atoms with van der Waals surface area (Å²) >= 11 is 5.99. The molecule has 5 heteroatoms. The molecule has 0 atom stereocenters. The Kier molecular flexibility index (Phi) is 3.62. The molecule has 1 N–H and O–H groups in total. The maximum Gasteiger partial charge on any atom is 0.373 e. The largest absolute Gasteiger partial charge is 0.475 e. The topological polar surface area (TPSA) is 63.3 Å². The van der Waals surface area contributed by atoms with Crippen molar-refractivity contribution in [2.45, 2.75) is 26.7 Å². The van der Waals surface area contributed by atoms with Crippen LogP contribution in [0.25, 0.3) is 11.5 Å². The third-order valence-electron chi connectivity index (χ3n) is 2.68. The van der Waals surface area contributed by atoms with Gasteiger partial charge in [0.15, 0.2) is 0 Å². The lowest BCUT2D eigenvalue weighted by molar-refractivity contribution is 0.0661. The minimum Gasteiger partial charge on any atom is -0.475 e. The monoisotopic (exact) mass is 279 g/mol.